The number of nitrogens with zero attached hydrogens (tertiary/aromatic N) is 1. The largest absolute Gasteiger partial charge is 0.427 e. The Morgan fingerprint density at radius 1 is 0.903 bits per heavy atom. The molecule has 31 heavy (non-hydrogen) atoms. The molecule has 0 saturated heterocycles. The van der Waals surface area contributed by atoms with Crippen molar-refractivity contribution in [1.29, 1.82) is 0 Å². The van der Waals surface area contributed by atoms with Crippen LogP contribution < -0.4 is 14.4 Å². The Hall–Kier alpha value is -3.65. The molecule has 0 saturated carbocycles. The molecule has 0 bridgehead atoms. The van der Waals surface area contributed by atoms with Gasteiger partial charge in [-0.3, -0.25) is 13.9 Å². The first-order chi connectivity index (χ1) is 14.6. The number of esters is 1. The highest BCUT2D eigenvalue weighted by molar-refractivity contribution is 7.92. The number of nitrogens with one attached hydrogen (secondary N) is 1. The van der Waals surface area contributed by atoms with Gasteiger partial charge in [-0.2, -0.15) is 0 Å². The molecular weight excluding hydrogens is 416 g/mol. The predicted molar refractivity (Wildman–Crippen MR) is 121 cm³/mol. The number of amides is 1. The summed E-state index contributed by atoms with van der Waals surface area (Å²) in [6.07, 6.45) is 1.09. The lowest BCUT2D eigenvalue weighted by Crippen LogP contribution is -2.26. The lowest BCUT2D eigenvalue weighted by Gasteiger charge is -2.21. The van der Waals surface area contributed by atoms with Crippen LogP contribution in [-0.4, -0.2) is 33.6 Å². The second-order valence-electron chi connectivity index (χ2n) is 6.90. The van der Waals surface area contributed by atoms with Gasteiger partial charge in [0.05, 0.1) is 17.6 Å². The fraction of sp³-hybridized carbons (Fsp3) is 0.130. The van der Waals surface area contributed by atoms with Gasteiger partial charge >= 0.3 is 5.97 Å². The molecule has 0 aromatic heterocycles. The molecule has 0 atom stereocenters. The number of rotatable bonds is 6. The van der Waals surface area contributed by atoms with Gasteiger partial charge < -0.3 is 10.1 Å². The summed E-state index contributed by atoms with van der Waals surface area (Å²) in [7, 11) is -2.13. The Bertz CT molecular complexity index is 1220. The Balaban J connectivity index is 2.01. The van der Waals surface area contributed by atoms with E-state index in [0.29, 0.717) is 11.4 Å². The number of ether oxygens (including phenoxy) is 1. The van der Waals surface area contributed by atoms with Crippen LogP contribution in [0.4, 0.5) is 11.4 Å². The SMILES string of the molecule is CC(=O)Oc1cccc(C(=O)Nc2cc(-c3ccccc3)ccc2N(C)S(C)(=O)=O)c1. The molecule has 0 aliphatic carbocycles. The summed E-state index contributed by atoms with van der Waals surface area (Å²) in [5.41, 5.74) is 2.65. The summed E-state index contributed by atoms with van der Waals surface area (Å²) in [5.74, 6) is -0.723. The van der Waals surface area contributed by atoms with Gasteiger partial charge in [-0.1, -0.05) is 42.5 Å². The zero-order valence-electron chi connectivity index (χ0n) is 17.3. The summed E-state index contributed by atoms with van der Waals surface area (Å²) in [6, 6.07) is 20.9. The first-order valence-corrected chi connectivity index (χ1v) is 11.2. The second-order valence-corrected chi connectivity index (χ2v) is 8.92. The number of sulfonamides is 1. The van der Waals surface area contributed by atoms with Crippen molar-refractivity contribution in [3.63, 3.8) is 0 Å². The highest BCUT2D eigenvalue weighted by Crippen LogP contribution is 2.32. The molecule has 160 valence electrons. The van der Waals surface area contributed by atoms with Gasteiger partial charge in [0.15, 0.2) is 0 Å². The Kier molecular flexibility index (Phi) is 6.41. The molecule has 3 aromatic rings. The van der Waals surface area contributed by atoms with E-state index in [9.17, 15) is 18.0 Å². The Morgan fingerprint density at radius 3 is 2.26 bits per heavy atom. The average Bonchev–Trinajstić information content (AvgIpc) is 2.73. The maximum absolute atomic E-state index is 12.9. The van der Waals surface area contributed by atoms with Crippen LogP contribution >= 0.6 is 0 Å². The normalized spacial score (nSPS) is 10.9. The van der Waals surface area contributed by atoms with Crippen LogP contribution in [0.3, 0.4) is 0 Å². The van der Waals surface area contributed by atoms with E-state index in [1.54, 1.807) is 36.4 Å². The fourth-order valence-electron chi connectivity index (χ4n) is 2.96. The molecular formula is C23H22N2O5S. The lowest BCUT2D eigenvalue weighted by atomic mass is 10.0. The van der Waals surface area contributed by atoms with Crippen molar-refractivity contribution in [1.82, 2.24) is 0 Å². The van der Waals surface area contributed by atoms with Crippen molar-refractivity contribution < 1.29 is 22.7 Å². The van der Waals surface area contributed by atoms with E-state index in [2.05, 4.69) is 5.32 Å². The molecule has 0 radical (unpaired) electrons. The first kappa shape index (κ1) is 22.0. The van der Waals surface area contributed by atoms with E-state index in [-0.39, 0.29) is 11.3 Å². The topological polar surface area (TPSA) is 92.8 Å². The van der Waals surface area contributed by atoms with Gasteiger partial charge in [0.25, 0.3) is 5.91 Å². The maximum Gasteiger partial charge on any atom is 0.308 e. The number of anilines is 2. The molecule has 7 nitrogen and oxygen atoms in total. The summed E-state index contributed by atoms with van der Waals surface area (Å²) >= 11 is 0. The van der Waals surface area contributed by atoms with E-state index >= 15 is 0 Å². The van der Waals surface area contributed by atoms with Crippen LogP contribution in [0, 0.1) is 0 Å². The fourth-order valence-corrected chi connectivity index (χ4v) is 3.48. The van der Waals surface area contributed by atoms with Crippen LogP contribution in [0.15, 0.2) is 72.8 Å². The quantitative estimate of drug-likeness (QED) is 0.465. The van der Waals surface area contributed by atoms with Gasteiger partial charge in [0.1, 0.15) is 5.75 Å². The predicted octanol–water partition coefficient (Wildman–Crippen LogP) is 3.93. The second kappa shape index (κ2) is 9.01. The van der Waals surface area contributed by atoms with Gasteiger partial charge in [-0.05, 0) is 41.5 Å². The van der Waals surface area contributed by atoms with Crippen molar-refractivity contribution >= 4 is 33.3 Å². The number of carbonyl (C=O) groups excluding carboxylic acids is 2. The zero-order valence-corrected chi connectivity index (χ0v) is 18.1. The molecule has 0 spiro atoms. The molecule has 3 aromatic carbocycles. The van der Waals surface area contributed by atoms with Crippen LogP contribution in [-0.2, 0) is 14.8 Å². The first-order valence-electron chi connectivity index (χ1n) is 9.38. The smallest absolute Gasteiger partial charge is 0.308 e. The van der Waals surface area contributed by atoms with E-state index < -0.39 is 21.9 Å². The van der Waals surface area contributed by atoms with E-state index in [1.807, 2.05) is 30.3 Å². The molecule has 0 aliphatic rings. The van der Waals surface area contributed by atoms with Gasteiger partial charge in [0.2, 0.25) is 10.0 Å². The Morgan fingerprint density at radius 2 is 1.61 bits per heavy atom. The van der Waals surface area contributed by atoms with E-state index in [4.69, 9.17) is 4.74 Å². The summed E-state index contributed by atoms with van der Waals surface area (Å²) < 4.78 is 30.3. The molecule has 1 N–H and O–H groups in total. The van der Waals surface area contributed by atoms with Crippen LogP contribution in [0.1, 0.15) is 17.3 Å². The molecule has 8 heteroatoms. The summed E-state index contributed by atoms with van der Waals surface area (Å²) in [5, 5.41) is 2.78. The highest BCUT2D eigenvalue weighted by atomic mass is 32.2. The number of hydrogen-bond donors (Lipinski definition) is 1. The minimum Gasteiger partial charge on any atom is -0.427 e. The van der Waals surface area contributed by atoms with Crippen LogP contribution in [0.25, 0.3) is 11.1 Å². The van der Waals surface area contributed by atoms with E-state index in [1.165, 1.54) is 20.0 Å². The minimum atomic E-state index is -3.55. The third kappa shape index (κ3) is 5.49. The molecule has 1 amide bonds. The standard InChI is InChI=1S/C23H22N2O5S/c1-16(26)30-20-11-7-10-19(14-20)23(27)24-21-15-18(17-8-5-4-6-9-17)12-13-22(21)25(2)31(3,28)29/h4-15H,1-3H3,(H,24,27). The van der Waals surface area contributed by atoms with Crippen LogP contribution in [0.2, 0.25) is 0 Å². The molecule has 0 heterocycles. The summed E-state index contributed by atoms with van der Waals surface area (Å²) in [6.45, 7) is 1.27. The van der Waals surface area contributed by atoms with Gasteiger partial charge in [-0.25, -0.2) is 8.42 Å². The monoisotopic (exact) mass is 438 g/mol. The van der Waals surface area contributed by atoms with Crippen molar-refractivity contribution in [2.24, 2.45) is 0 Å². The highest BCUT2D eigenvalue weighted by Gasteiger charge is 2.19. The van der Waals surface area contributed by atoms with Crippen molar-refractivity contribution in [2.45, 2.75) is 6.92 Å². The molecule has 0 fully saturated rings. The van der Waals surface area contributed by atoms with Crippen molar-refractivity contribution in [3.05, 3.63) is 78.4 Å². The average molecular weight is 439 g/mol. The van der Waals surface area contributed by atoms with Crippen molar-refractivity contribution in [3.8, 4) is 16.9 Å². The zero-order chi connectivity index (χ0) is 22.6. The van der Waals surface area contributed by atoms with Gasteiger partial charge in [0, 0.05) is 19.5 Å². The van der Waals surface area contributed by atoms with Crippen molar-refractivity contribution in [2.75, 3.05) is 22.9 Å². The third-order valence-corrected chi connectivity index (χ3v) is 5.74. The minimum absolute atomic E-state index is 0.242. The summed E-state index contributed by atoms with van der Waals surface area (Å²) in [4.78, 5) is 24.1. The van der Waals surface area contributed by atoms with E-state index in [0.717, 1.165) is 21.7 Å². The Labute approximate surface area is 181 Å². The molecule has 0 unspecified atom stereocenters. The van der Waals surface area contributed by atoms with Gasteiger partial charge in [-0.15, -0.1) is 0 Å². The molecule has 0 aliphatic heterocycles. The van der Waals surface area contributed by atoms with Crippen LogP contribution in [0.5, 0.6) is 5.75 Å². The number of hydrogen-bond acceptors (Lipinski definition) is 5. The lowest BCUT2D eigenvalue weighted by molar-refractivity contribution is -0.131. The number of benzene rings is 3. The number of carbonyl (C=O) groups is 2. The molecule has 3 rings (SSSR count). The maximum atomic E-state index is 12.9. The third-order valence-electron chi connectivity index (χ3n) is 4.55.